The van der Waals surface area contributed by atoms with E-state index in [1.807, 2.05) is 36.4 Å². The second-order valence-corrected chi connectivity index (χ2v) is 4.19. The third kappa shape index (κ3) is 4.11. The zero-order valence-corrected chi connectivity index (χ0v) is 11.5. The molecule has 0 bridgehead atoms. The summed E-state index contributed by atoms with van der Waals surface area (Å²) < 4.78 is 0. The van der Waals surface area contributed by atoms with Crippen molar-refractivity contribution >= 4 is 5.97 Å². The van der Waals surface area contributed by atoms with Crippen molar-refractivity contribution in [2.75, 3.05) is 0 Å². The Kier molecular flexibility index (Phi) is 5.15. The summed E-state index contributed by atoms with van der Waals surface area (Å²) >= 11 is 0. The Bertz CT molecular complexity index is 696. The number of carboxylic acid groups (broad SMARTS) is 1. The zero-order chi connectivity index (χ0) is 15.8. The fourth-order valence-electron chi connectivity index (χ4n) is 1.66. The molecule has 6 nitrogen and oxygen atoms in total. The maximum absolute atomic E-state index is 10.3. The van der Waals surface area contributed by atoms with Crippen LogP contribution in [0.4, 0.5) is 0 Å². The first-order valence-corrected chi connectivity index (χ1v) is 6.39. The van der Waals surface area contributed by atoms with Crippen molar-refractivity contribution in [2.45, 2.75) is 0 Å². The first-order valence-electron chi connectivity index (χ1n) is 6.39. The van der Waals surface area contributed by atoms with Crippen LogP contribution in [0, 0.1) is 0 Å². The highest BCUT2D eigenvalue weighted by molar-refractivity contribution is 5.90. The molecule has 2 N–H and O–H groups in total. The molecule has 0 aliphatic heterocycles. The largest absolute Gasteiger partial charge is 0.507 e. The van der Waals surface area contributed by atoms with Crippen molar-refractivity contribution in [1.29, 1.82) is 0 Å². The number of aromatic nitrogens is 3. The minimum atomic E-state index is -1.11. The Hall–Kier alpha value is -3.28. The lowest BCUT2D eigenvalue weighted by Crippen LogP contribution is -1.95. The number of para-hydroxylation sites is 1. The number of nitrogens with zero attached hydrogens (tertiary/aromatic N) is 3. The van der Waals surface area contributed by atoms with Crippen molar-refractivity contribution in [3.8, 4) is 17.0 Å². The SMILES string of the molecule is O=C(O)c1ccccc1O.c1ccc(-c2ccnnn2)cc1. The van der Waals surface area contributed by atoms with Gasteiger partial charge in [-0.15, -0.1) is 10.2 Å². The number of phenols is 1. The highest BCUT2D eigenvalue weighted by atomic mass is 16.4. The van der Waals surface area contributed by atoms with Crippen LogP contribution in [0.5, 0.6) is 5.75 Å². The molecule has 0 atom stereocenters. The predicted molar refractivity (Wildman–Crippen MR) is 80.3 cm³/mol. The van der Waals surface area contributed by atoms with Gasteiger partial charge in [0.1, 0.15) is 11.3 Å². The monoisotopic (exact) mass is 295 g/mol. The highest BCUT2D eigenvalue weighted by Crippen LogP contribution is 2.14. The molecule has 0 aliphatic carbocycles. The van der Waals surface area contributed by atoms with Gasteiger partial charge in [-0.1, -0.05) is 42.5 Å². The Morgan fingerprint density at radius 3 is 2.14 bits per heavy atom. The molecule has 0 unspecified atom stereocenters. The second-order valence-electron chi connectivity index (χ2n) is 4.19. The van der Waals surface area contributed by atoms with Crippen molar-refractivity contribution in [2.24, 2.45) is 0 Å². The van der Waals surface area contributed by atoms with Crippen molar-refractivity contribution in [3.63, 3.8) is 0 Å². The van der Waals surface area contributed by atoms with E-state index in [1.54, 1.807) is 18.3 Å². The summed E-state index contributed by atoms with van der Waals surface area (Å²) in [4.78, 5) is 10.3. The molecule has 0 spiro atoms. The fraction of sp³-hybridized carbons (Fsp3) is 0. The number of hydrogen-bond acceptors (Lipinski definition) is 5. The van der Waals surface area contributed by atoms with Gasteiger partial charge in [0.15, 0.2) is 0 Å². The van der Waals surface area contributed by atoms with E-state index in [-0.39, 0.29) is 11.3 Å². The van der Waals surface area contributed by atoms with E-state index in [1.165, 1.54) is 12.1 Å². The summed E-state index contributed by atoms with van der Waals surface area (Å²) in [6.45, 7) is 0. The third-order valence-corrected chi connectivity index (χ3v) is 2.71. The molecule has 22 heavy (non-hydrogen) atoms. The van der Waals surface area contributed by atoms with Gasteiger partial charge in [0.25, 0.3) is 0 Å². The molecule has 6 heteroatoms. The molecule has 3 rings (SSSR count). The number of carboxylic acids is 1. The summed E-state index contributed by atoms with van der Waals surface area (Å²) in [6, 6.07) is 17.5. The Morgan fingerprint density at radius 2 is 1.59 bits per heavy atom. The van der Waals surface area contributed by atoms with Gasteiger partial charge in [0.05, 0.1) is 11.9 Å². The highest BCUT2D eigenvalue weighted by Gasteiger charge is 2.05. The van der Waals surface area contributed by atoms with Crippen LogP contribution in [0.25, 0.3) is 11.3 Å². The number of aromatic hydroxyl groups is 1. The fourth-order valence-corrected chi connectivity index (χ4v) is 1.66. The number of rotatable bonds is 2. The second kappa shape index (κ2) is 7.49. The molecule has 0 saturated carbocycles. The average Bonchev–Trinajstić information content (AvgIpc) is 2.57. The minimum Gasteiger partial charge on any atom is -0.507 e. The Balaban J connectivity index is 0.000000164. The molecule has 0 saturated heterocycles. The quantitative estimate of drug-likeness (QED) is 0.754. The number of carbonyl (C=O) groups is 1. The lowest BCUT2D eigenvalue weighted by atomic mass is 10.2. The van der Waals surface area contributed by atoms with E-state index in [4.69, 9.17) is 10.2 Å². The lowest BCUT2D eigenvalue weighted by molar-refractivity contribution is 0.0693. The van der Waals surface area contributed by atoms with Crippen molar-refractivity contribution < 1.29 is 15.0 Å². The van der Waals surface area contributed by atoms with Crippen molar-refractivity contribution in [1.82, 2.24) is 15.4 Å². The summed E-state index contributed by atoms with van der Waals surface area (Å²) in [6.07, 6.45) is 1.63. The number of aromatic carboxylic acids is 1. The van der Waals surface area contributed by atoms with Gasteiger partial charge in [-0.05, 0) is 23.4 Å². The summed E-state index contributed by atoms with van der Waals surface area (Å²) in [5, 5.41) is 28.4. The molecule has 0 amide bonds. The molecule has 1 heterocycles. The van der Waals surface area contributed by atoms with E-state index >= 15 is 0 Å². The molecule has 110 valence electrons. The minimum absolute atomic E-state index is 0.0671. The molecular formula is C16H13N3O3. The third-order valence-electron chi connectivity index (χ3n) is 2.71. The molecule has 0 aliphatic rings. The van der Waals surface area contributed by atoms with Gasteiger partial charge < -0.3 is 10.2 Å². The van der Waals surface area contributed by atoms with Gasteiger partial charge in [0.2, 0.25) is 0 Å². The van der Waals surface area contributed by atoms with E-state index in [9.17, 15) is 4.79 Å². The van der Waals surface area contributed by atoms with Crippen LogP contribution in [-0.2, 0) is 0 Å². The van der Waals surface area contributed by atoms with Gasteiger partial charge >= 0.3 is 5.97 Å². The average molecular weight is 295 g/mol. The first-order chi connectivity index (χ1) is 10.7. The van der Waals surface area contributed by atoms with Crippen LogP contribution in [-0.4, -0.2) is 31.6 Å². The van der Waals surface area contributed by atoms with Gasteiger partial charge in [-0.2, -0.15) is 0 Å². The summed E-state index contributed by atoms with van der Waals surface area (Å²) in [5.41, 5.74) is 1.85. The van der Waals surface area contributed by atoms with Gasteiger partial charge in [-0.25, -0.2) is 4.79 Å². The van der Waals surface area contributed by atoms with Crippen LogP contribution >= 0.6 is 0 Å². The van der Waals surface area contributed by atoms with Crippen LogP contribution in [0.1, 0.15) is 10.4 Å². The normalized spacial score (nSPS) is 9.45. The lowest BCUT2D eigenvalue weighted by Gasteiger charge is -1.95. The maximum Gasteiger partial charge on any atom is 0.339 e. The van der Waals surface area contributed by atoms with Gasteiger partial charge in [-0.3, -0.25) is 0 Å². The van der Waals surface area contributed by atoms with E-state index in [0.29, 0.717) is 0 Å². The zero-order valence-electron chi connectivity index (χ0n) is 11.5. The summed E-state index contributed by atoms with van der Waals surface area (Å²) in [5.74, 6) is -1.31. The molecule has 3 aromatic rings. The molecule has 1 aromatic heterocycles. The molecule has 0 fully saturated rings. The molecular weight excluding hydrogens is 282 g/mol. The molecule has 0 radical (unpaired) electrons. The van der Waals surface area contributed by atoms with Crippen LogP contribution in [0.3, 0.4) is 0 Å². The van der Waals surface area contributed by atoms with E-state index < -0.39 is 5.97 Å². The Labute approximate surface area is 126 Å². The van der Waals surface area contributed by atoms with E-state index in [2.05, 4.69) is 15.4 Å². The topological polar surface area (TPSA) is 96.2 Å². The van der Waals surface area contributed by atoms with Crippen LogP contribution in [0.15, 0.2) is 66.9 Å². The Morgan fingerprint density at radius 1 is 0.909 bits per heavy atom. The van der Waals surface area contributed by atoms with Gasteiger partial charge in [0, 0.05) is 5.56 Å². The molecule has 2 aromatic carbocycles. The standard InChI is InChI=1S/C9H7N3.C7H6O3/c1-2-4-8(5-3-1)9-6-7-10-12-11-9;8-6-4-2-1-3-5(6)7(9)10/h1-7H;1-4,8H,(H,9,10). The van der Waals surface area contributed by atoms with Crippen LogP contribution < -0.4 is 0 Å². The maximum atomic E-state index is 10.3. The predicted octanol–water partition coefficient (Wildman–Crippen LogP) is 2.63. The smallest absolute Gasteiger partial charge is 0.339 e. The first kappa shape index (κ1) is 15.1. The number of benzene rings is 2. The van der Waals surface area contributed by atoms with E-state index in [0.717, 1.165) is 11.3 Å². The van der Waals surface area contributed by atoms with Crippen LogP contribution in [0.2, 0.25) is 0 Å². The van der Waals surface area contributed by atoms with Crippen molar-refractivity contribution in [3.05, 3.63) is 72.4 Å². The number of hydrogen-bond donors (Lipinski definition) is 2. The summed E-state index contributed by atoms with van der Waals surface area (Å²) in [7, 11) is 0.